The molecule has 392 valence electrons. The molecule has 74 heavy (non-hydrogen) atoms. The van der Waals surface area contributed by atoms with E-state index in [1.807, 2.05) is 18.7 Å². The van der Waals surface area contributed by atoms with Crippen LogP contribution in [0.1, 0.15) is 132 Å². The van der Waals surface area contributed by atoms with Gasteiger partial charge in [0, 0.05) is 68.8 Å². The molecular weight excluding hydrogens is 937 g/mol. The Morgan fingerprint density at radius 3 is 2.45 bits per heavy atom. The molecule has 1 unspecified atom stereocenters. The number of hydrogen-bond acceptors (Lipinski definition) is 11. The van der Waals surface area contributed by atoms with Crippen LogP contribution in [0.3, 0.4) is 0 Å². The number of fused-ring (bicyclic) bond motifs is 3. The average Bonchev–Trinajstić information content (AvgIpc) is 4.12. The molecule has 2 aliphatic carbocycles. The van der Waals surface area contributed by atoms with Crippen molar-refractivity contribution < 1.29 is 28.2 Å². The molecule has 0 bridgehead atoms. The van der Waals surface area contributed by atoms with Crippen LogP contribution in [0.25, 0.3) is 43.8 Å². The van der Waals surface area contributed by atoms with Gasteiger partial charge in [-0.2, -0.15) is 15.1 Å². The fourth-order valence-electron chi connectivity index (χ4n) is 13.6. The number of anilines is 1. The topological polar surface area (TPSA) is 142 Å². The van der Waals surface area contributed by atoms with E-state index < -0.39 is 11.7 Å². The summed E-state index contributed by atoms with van der Waals surface area (Å²) in [7, 11) is 3.58. The van der Waals surface area contributed by atoms with Gasteiger partial charge in [0.15, 0.2) is 5.82 Å². The molecule has 5 fully saturated rings. The highest BCUT2D eigenvalue weighted by atomic mass is 19.1. The van der Waals surface area contributed by atoms with Crippen molar-refractivity contribution in [1.29, 1.82) is 0 Å². The average molecular weight is 1010 g/mol. The lowest BCUT2D eigenvalue weighted by atomic mass is 9.66. The van der Waals surface area contributed by atoms with E-state index in [0.717, 1.165) is 107 Å². The van der Waals surface area contributed by atoms with Crippen LogP contribution in [0.5, 0.6) is 11.8 Å². The number of ether oxygens (including phenoxy) is 1. The first-order valence-electron chi connectivity index (χ1n) is 27.6. The van der Waals surface area contributed by atoms with E-state index in [1.54, 1.807) is 25.4 Å². The summed E-state index contributed by atoms with van der Waals surface area (Å²) in [6.45, 7) is 11.6. The van der Waals surface area contributed by atoms with E-state index in [0.29, 0.717) is 82.3 Å². The maximum Gasteiger partial charge on any atom is 0.319 e. The van der Waals surface area contributed by atoms with Crippen LogP contribution in [-0.2, 0) is 23.1 Å². The van der Waals surface area contributed by atoms with Crippen molar-refractivity contribution in [3.05, 3.63) is 77.1 Å². The van der Waals surface area contributed by atoms with Crippen molar-refractivity contribution in [2.45, 2.75) is 128 Å². The summed E-state index contributed by atoms with van der Waals surface area (Å²) in [4.78, 5) is 46.0. The number of carbonyl (C=O) groups is 2. The minimum absolute atomic E-state index is 0.00728. The molecule has 6 aromatic rings. The molecule has 11 rings (SSSR count). The number of phenols is 1. The van der Waals surface area contributed by atoms with Crippen molar-refractivity contribution >= 4 is 50.6 Å². The second-order valence-corrected chi connectivity index (χ2v) is 23.0. The summed E-state index contributed by atoms with van der Waals surface area (Å²) in [5.41, 5.74) is 4.46. The van der Waals surface area contributed by atoms with Crippen LogP contribution in [-0.4, -0.2) is 117 Å². The van der Waals surface area contributed by atoms with Gasteiger partial charge in [0.25, 0.3) is 0 Å². The molecule has 3 aromatic heterocycles. The summed E-state index contributed by atoms with van der Waals surface area (Å²) >= 11 is 0. The van der Waals surface area contributed by atoms with Gasteiger partial charge in [-0.25, -0.2) is 8.78 Å². The molecule has 13 nitrogen and oxygen atoms in total. The van der Waals surface area contributed by atoms with Gasteiger partial charge in [-0.3, -0.25) is 14.5 Å². The number of nitrogens with one attached hydrogen (secondary N) is 1. The number of halogens is 2. The van der Waals surface area contributed by atoms with Crippen LogP contribution >= 0.6 is 0 Å². The lowest BCUT2D eigenvalue weighted by Gasteiger charge is -2.49. The zero-order chi connectivity index (χ0) is 51.3. The Bertz CT molecular complexity index is 3060. The number of likely N-dealkylation sites (tertiary alicyclic amines) is 2. The molecule has 5 aliphatic rings. The summed E-state index contributed by atoms with van der Waals surface area (Å²) in [6.07, 6.45) is 17.8. The number of rotatable bonds is 15. The predicted octanol–water partition coefficient (Wildman–Crippen LogP) is 10.4. The third kappa shape index (κ3) is 9.83. The van der Waals surface area contributed by atoms with Gasteiger partial charge < -0.3 is 34.7 Å². The van der Waals surface area contributed by atoms with Crippen molar-refractivity contribution in [2.24, 2.45) is 23.8 Å². The number of hydrogen-bond donors (Lipinski definition) is 2. The summed E-state index contributed by atoms with van der Waals surface area (Å²) in [5.74, 6) is -0.0663. The number of nitrogens with zero attached hydrogens (tertiary/aromatic N) is 8. The van der Waals surface area contributed by atoms with Gasteiger partial charge in [-0.1, -0.05) is 32.0 Å². The number of piperidine rings is 3. The van der Waals surface area contributed by atoms with E-state index in [4.69, 9.17) is 19.8 Å². The van der Waals surface area contributed by atoms with Crippen LogP contribution in [0.2, 0.25) is 0 Å². The molecule has 2 saturated carbocycles. The second kappa shape index (κ2) is 20.7. The van der Waals surface area contributed by atoms with Gasteiger partial charge in [0.2, 0.25) is 5.91 Å². The summed E-state index contributed by atoms with van der Waals surface area (Å²) < 4.78 is 40.8. The highest BCUT2D eigenvalue weighted by Crippen LogP contribution is 2.50. The first kappa shape index (κ1) is 50.4. The third-order valence-electron chi connectivity index (χ3n) is 18.2. The number of aromatic nitrogens is 5. The van der Waals surface area contributed by atoms with Crippen LogP contribution in [0.4, 0.5) is 14.6 Å². The second-order valence-electron chi connectivity index (χ2n) is 23.0. The van der Waals surface area contributed by atoms with E-state index in [9.17, 15) is 14.7 Å². The number of pyridine rings is 1. The molecule has 1 amide bonds. The van der Waals surface area contributed by atoms with Gasteiger partial charge in [-0.15, -0.1) is 0 Å². The van der Waals surface area contributed by atoms with Crippen molar-refractivity contribution in [3.63, 3.8) is 0 Å². The lowest BCUT2D eigenvalue weighted by molar-refractivity contribution is -0.122. The third-order valence-corrected chi connectivity index (χ3v) is 18.2. The Labute approximate surface area is 433 Å². The first-order chi connectivity index (χ1) is 35.9. The Balaban J connectivity index is 0.711. The fraction of sp³-hybridized carbons (Fsp3) is 0.559. The van der Waals surface area contributed by atoms with Crippen molar-refractivity contribution in [1.82, 2.24) is 39.8 Å². The van der Waals surface area contributed by atoms with E-state index in [2.05, 4.69) is 50.1 Å². The highest BCUT2D eigenvalue weighted by molar-refractivity contribution is 6.02. The Morgan fingerprint density at radius 2 is 1.73 bits per heavy atom. The zero-order valence-corrected chi connectivity index (χ0v) is 43.8. The van der Waals surface area contributed by atoms with Gasteiger partial charge >= 0.3 is 6.01 Å². The number of phenolic OH excluding ortho intramolecular Hbond substituents is 1. The predicted molar refractivity (Wildman–Crippen MR) is 286 cm³/mol. The number of aryl methyl sites for hydroxylation is 2. The minimum atomic E-state index is -0.642. The zero-order valence-electron chi connectivity index (χ0n) is 43.8. The van der Waals surface area contributed by atoms with E-state index in [-0.39, 0.29) is 40.1 Å². The number of aldehydes is 1. The molecule has 3 aromatic carbocycles. The maximum atomic E-state index is 17.2. The lowest BCUT2D eigenvalue weighted by Crippen LogP contribution is -2.48. The van der Waals surface area contributed by atoms with Crippen molar-refractivity contribution in [3.8, 4) is 23.0 Å². The number of carbonyl (C=O) groups excluding carboxylic acids is 2. The SMILES string of the molecule is CCc1c(F)ccc2cc(O)cc(-c3ncc4c(N5CCC[C@H](C)C5)nc(OCC5(CN6CCC7(CCC(N8CCC(c9ccc%10c(C(CCC=O)C(=O)NC)nn(C)c%10c9)CC8)CC7)CC6)CC5)nc4c3F)c12. The monoisotopic (exact) mass is 1010 g/mol. The Morgan fingerprint density at radius 1 is 0.946 bits per heavy atom. The Kier molecular flexibility index (Phi) is 14.1. The van der Waals surface area contributed by atoms with Crippen LogP contribution in [0, 0.1) is 28.4 Å². The molecule has 6 heterocycles. The number of aromatic hydroxyl groups is 1. The number of likely N-dealkylation sites (N-methyl/N-ethyl adjacent to an activating group) is 1. The standard InChI is InChI=1S/C59H73F2N9O4/c1-5-43-48(60)13-11-40-30-42(72)32-46(50(40)43)53-51(61)54-47(33-63-53)55(70-24-6-8-37(2)34-70)65-57(64-54)74-36-59(20-21-59)35-68-27-22-58(23-28-68)18-14-41(15-19-58)69-25-16-38(17-26-69)39-10-12-44-49(31-39)67(4)66-52(44)45(9-7-29-71)56(73)62-3/h10-13,29-33,37-38,41,45,72H,5-9,14-28,34-36H2,1-4H3,(H,62,73)/t37-,45?/m0/s1. The van der Waals surface area contributed by atoms with Crippen LogP contribution in [0.15, 0.2) is 48.7 Å². The van der Waals surface area contributed by atoms with Crippen LogP contribution < -0.4 is 15.0 Å². The number of benzene rings is 3. The highest BCUT2D eigenvalue weighted by Gasteiger charge is 2.47. The van der Waals surface area contributed by atoms with Gasteiger partial charge in [0.1, 0.15) is 34.9 Å². The first-order valence-corrected chi connectivity index (χ1v) is 27.6. The molecule has 3 saturated heterocycles. The molecule has 1 spiro atoms. The van der Waals surface area contributed by atoms with Gasteiger partial charge in [0.05, 0.1) is 29.1 Å². The molecule has 2 N–H and O–H groups in total. The number of amides is 1. The molecule has 0 radical (unpaired) electrons. The molecule has 15 heteroatoms. The normalized spacial score (nSPS) is 21.2. The molecular formula is C59H73F2N9O4. The van der Waals surface area contributed by atoms with E-state index >= 15 is 8.78 Å². The molecule has 3 aliphatic heterocycles. The maximum absolute atomic E-state index is 17.2. The summed E-state index contributed by atoms with van der Waals surface area (Å²) in [6, 6.07) is 13.5. The van der Waals surface area contributed by atoms with Gasteiger partial charge in [-0.05, 0) is 179 Å². The molecule has 2 atom stereocenters. The smallest absolute Gasteiger partial charge is 0.319 e. The van der Waals surface area contributed by atoms with E-state index in [1.165, 1.54) is 56.2 Å². The Hall–Kier alpha value is -5.80. The van der Waals surface area contributed by atoms with Crippen molar-refractivity contribution in [2.75, 3.05) is 64.4 Å². The minimum Gasteiger partial charge on any atom is -0.508 e. The summed E-state index contributed by atoms with van der Waals surface area (Å²) in [5, 5.41) is 21.0. The quantitative estimate of drug-likeness (QED) is 0.0950. The fourth-order valence-corrected chi connectivity index (χ4v) is 13.6. The largest absolute Gasteiger partial charge is 0.508 e.